The van der Waals surface area contributed by atoms with Crippen LogP contribution in [0.3, 0.4) is 0 Å². The zero-order valence-electron chi connectivity index (χ0n) is 16.6. The van der Waals surface area contributed by atoms with E-state index >= 15 is 0 Å². The van der Waals surface area contributed by atoms with Crippen LogP contribution in [-0.4, -0.2) is 31.7 Å². The summed E-state index contributed by atoms with van der Waals surface area (Å²) in [5.41, 5.74) is 2.16. The molecule has 3 rings (SSSR count). The van der Waals surface area contributed by atoms with Crippen LogP contribution in [0.1, 0.15) is 17.3 Å². The number of ether oxygens (including phenoxy) is 3. The second-order valence-corrected chi connectivity index (χ2v) is 6.04. The summed E-state index contributed by atoms with van der Waals surface area (Å²) in [6.07, 6.45) is 1.65. The molecule has 0 aliphatic heterocycles. The number of hydrogen-bond donors (Lipinski definition) is 2. The molecule has 0 atom stereocenters. The second-order valence-electron chi connectivity index (χ2n) is 6.04. The number of anilines is 3. The number of nitrogens with one attached hydrogen (secondary N) is 2. The van der Waals surface area contributed by atoms with Gasteiger partial charge in [-0.1, -0.05) is 0 Å². The van der Waals surface area contributed by atoms with Crippen LogP contribution in [0.2, 0.25) is 0 Å². The number of aromatic nitrogens is 1. The van der Waals surface area contributed by atoms with E-state index in [9.17, 15) is 4.79 Å². The van der Waals surface area contributed by atoms with E-state index < -0.39 is 0 Å². The molecule has 0 fully saturated rings. The average Bonchev–Trinajstić information content (AvgIpc) is 2.76. The highest BCUT2D eigenvalue weighted by Crippen LogP contribution is 2.28. The molecular weight excluding hydrogens is 370 g/mol. The molecule has 0 saturated carbocycles. The van der Waals surface area contributed by atoms with Gasteiger partial charge in [0.15, 0.2) is 11.5 Å². The highest BCUT2D eigenvalue weighted by atomic mass is 16.5. The molecule has 0 aliphatic rings. The zero-order chi connectivity index (χ0) is 20.6. The molecule has 0 saturated heterocycles. The van der Waals surface area contributed by atoms with E-state index in [-0.39, 0.29) is 5.91 Å². The highest BCUT2D eigenvalue weighted by Gasteiger charge is 2.11. The Morgan fingerprint density at radius 1 is 0.931 bits per heavy atom. The number of nitrogens with zero attached hydrogens (tertiary/aromatic N) is 1. The van der Waals surface area contributed by atoms with Crippen LogP contribution in [0.25, 0.3) is 0 Å². The standard InChI is InChI=1S/C22H23N3O4/c1-4-29-18-9-6-16(7-10-18)24-17-8-12-21(23-14-17)25-22(26)15-5-11-19(27-2)20(13-15)28-3/h5-14,24H,4H2,1-3H3,(H,23,25,26). The minimum Gasteiger partial charge on any atom is -0.494 e. The third-order valence-corrected chi connectivity index (χ3v) is 4.10. The molecule has 0 bridgehead atoms. The van der Waals surface area contributed by atoms with E-state index in [0.29, 0.717) is 29.5 Å². The van der Waals surface area contributed by atoms with Gasteiger partial charge in [-0.3, -0.25) is 4.79 Å². The van der Waals surface area contributed by atoms with Gasteiger partial charge in [0, 0.05) is 11.3 Å². The molecule has 3 aromatic rings. The molecule has 29 heavy (non-hydrogen) atoms. The van der Waals surface area contributed by atoms with Crippen LogP contribution < -0.4 is 24.8 Å². The fraction of sp³-hybridized carbons (Fsp3) is 0.182. The maximum atomic E-state index is 12.5. The summed E-state index contributed by atoms with van der Waals surface area (Å²) in [5.74, 6) is 2.03. The van der Waals surface area contributed by atoms with Crippen LogP contribution in [-0.2, 0) is 0 Å². The van der Waals surface area contributed by atoms with Crippen molar-refractivity contribution in [1.82, 2.24) is 4.98 Å². The summed E-state index contributed by atoms with van der Waals surface area (Å²) in [5, 5.41) is 6.02. The molecule has 0 unspecified atom stereocenters. The van der Waals surface area contributed by atoms with Crippen molar-refractivity contribution in [2.45, 2.75) is 6.92 Å². The van der Waals surface area contributed by atoms with Crippen molar-refractivity contribution in [2.24, 2.45) is 0 Å². The van der Waals surface area contributed by atoms with Gasteiger partial charge in [-0.2, -0.15) is 0 Å². The first-order valence-electron chi connectivity index (χ1n) is 9.12. The summed E-state index contributed by atoms with van der Waals surface area (Å²) in [6.45, 7) is 2.58. The maximum Gasteiger partial charge on any atom is 0.256 e. The van der Waals surface area contributed by atoms with Crippen LogP contribution >= 0.6 is 0 Å². The number of carbonyl (C=O) groups excluding carboxylic acids is 1. The van der Waals surface area contributed by atoms with Crippen molar-refractivity contribution < 1.29 is 19.0 Å². The third-order valence-electron chi connectivity index (χ3n) is 4.10. The lowest BCUT2D eigenvalue weighted by molar-refractivity contribution is 0.102. The second kappa shape index (κ2) is 9.45. The number of hydrogen-bond acceptors (Lipinski definition) is 6. The molecule has 0 spiro atoms. The summed E-state index contributed by atoms with van der Waals surface area (Å²) in [4.78, 5) is 16.8. The highest BCUT2D eigenvalue weighted by molar-refractivity contribution is 6.04. The van der Waals surface area contributed by atoms with E-state index in [2.05, 4.69) is 15.6 Å². The normalized spacial score (nSPS) is 10.2. The molecule has 1 aromatic heterocycles. The number of amides is 1. The third kappa shape index (κ3) is 5.16. The fourth-order valence-corrected chi connectivity index (χ4v) is 2.68. The molecule has 2 aromatic carbocycles. The number of carbonyl (C=O) groups is 1. The predicted molar refractivity (Wildman–Crippen MR) is 113 cm³/mol. The van der Waals surface area contributed by atoms with E-state index in [1.165, 1.54) is 7.11 Å². The van der Waals surface area contributed by atoms with Crippen LogP contribution in [0, 0.1) is 0 Å². The van der Waals surface area contributed by atoms with Crippen LogP contribution in [0.15, 0.2) is 60.8 Å². The minimum absolute atomic E-state index is 0.286. The van der Waals surface area contributed by atoms with Gasteiger partial charge in [-0.05, 0) is 61.5 Å². The SMILES string of the molecule is CCOc1ccc(Nc2ccc(NC(=O)c3ccc(OC)c(OC)c3)nc2)cc1. The van der Waals surface area contributed by atoms with E-state index in [1.807, 2.05) is 37.3 Å². The topological polar surface area (TPSA) is 81.7 Å². The number of pyridine rings is 1. The maximum absolute atomic E-state index is 12.5. The van der Waals surface area contributed by atoms with Gasteiger partial charge in [-0.15, -0.1) is 0 Å². The van der Waals surface area contributed by atoms with Crippen molar-refractivity contribution >= 4 is 23.1 Å². The van der Waals surface area contributed by atoms with Crippen molar-refractivity contribution in [2.75, 3.05) is 31.5 Å². The minimum atomic E-state index is -0.286. The van der Waals surface area contributed by atoms with E-state index in [1.54, 1.807) is 37.6 Å². The first kappa shape index (κ1) is 20.0. The molecule has 1 amide bonds. The Bertz CT molecular complexity index is 957. The molecule has 0 radical (unpaired) electrons. The molecule has 150 valence electrons. The lowest BCUT2D eigenvalue weighted by Gasteiger charge is -2.11. The Labute approximate surface area is 169 Å². The largest absolute Gasteiger partial charge is 0.494 e. The summed E-state index contributed by atoms with van der Waals surface area (Å²) < 4.78 is 15.9. The van der Waals surface area contributed by atoms with E-state index in [0.717, 1.165) is 17.1 Å². The van der Waals surface area contributed by atoms with Gasteiger partial charge in [0.1, 0.15) is 11.6 Å². The van der Waals surface area contributed by atoms with Gasteiger partial charge >= 0.3 is 0 Å². The molecule has 7 heteroatoms. The molecule has 7 nitrogen and oxygen atoms in total. The van der Waals surface area contributed by atoms with Crippen molar-refractivity contribution in [3.05, 3.63) is 66.4 Å². The number of methoxy groups -OCH3 is 2. The Balaban J connectivity index is 1.63. The quantitative estimate of drug-likeness (QED) is 0.587. The van der Waals surface area contributed by atoms with Crippen LogP contribution in [0.4, 0.5) is 17.2 Å². The van der Waals surface area contributed by atoms with Crippen LogP contribution in [0.5, 0.6) is 17.2 Å². The number of benzene rings is 2. The van der Waals surface area contributed by atoms with Gasteiger partial charge in [0.2, 0.25) is 0 Å². The predicted octanol–water partition coefficient (Wildman–Crippen LogP) is 4.49. The first-order valence-corrected chi connectivity index (χ1v) is 9.12. The van der Waals surface area contributed by atoms with Crippen molar-refractivity contribution in [3.63, 3.8) is 0 Å². The zero-order valence-corrected chi connectivity index (χ0v) is 16.6. The Morgan fingerprint density at radius 3 is 2.28 bits per heavy atom. The first-order chi connectivity index (χ1) is 14.1. The molecule has 0 aliphatic carbocycles. The van der Waals surface area contributed by atoms with Gasteiger partial charge in [0.25, 0.3) is 5.91 Å². The monoisotopic (exact) mass is 393 g/mol. The fourth-order valence-electron chi connectivity index (χ4n) is 2.68. The van der Waals surface area contributed by atoms with Crippen molar-refractivity contribution in [1.29, 1.82) is 0 Å². The summed E-state index contributed by atoms with van der Waals surface area (Å²) in [6, 6.07) is 16.2. The van der Waals surface area contributed by atoms with Gasteiger partial charge in [0.05, 0.1) is 32.7 Å². The average molecular weight is 393 g/mol. The molecule has 2 N–H and O–H groups in total. The lowest BCUT2D eigenvalue weighted by Crippen LogP contribution is -2.13. The summed E-state index contributed by atoms with van der Waals surface area (Å²) >= 11 is 0. The number of rotatable bonds is 8. The summed E-state index contributed by atoms with van der Waals surface area (Å²) in [7, 11) is 3.07. The Kier molecular flexibility index (Phi) is 6.52. The molecular formula is C22H23N3O4. The lowest BCUT2D eigenvalue weighted by atomic mass is 10.2. The van der Waals surface area contributed by atoms with Gasteiger partial charge < -0.3 is 24.8 Å². The Morgan fingerprint density at radius 2 is 1.66 bits per heavy atom. The van der Waals surface area contributed by atoms with Crippen molar-refractivity contribution in [3.8, 4) is 17.2 Å². The smallest absolute Gasteiger partial charge is 0.256 e. The molecule has 1 heterocycles. The van der Waals surface area contributed by atoms with E-state index in [4.69, 9.17) is 14.2 Å². The Hall–Kier alpha value is -3.74. The van der Waals surface area contributed by atoms with Gasteiger partial charge in [-0.25, -0.2) is 4.98 Å².